The molecule has 1 amide bonds. The van der Waals surface area contributed by atoms with Crippen LogP contribution in [0.3, 0.4) is 0 Å². The molecule has 1 atom stereocenters. The van der Waals surface area contributed by atoms with Crippen LogP contribution in [0.5, 0.6) is 0 Å². The van der Waals surface area contributed by atoms with Crippen molar-refractivity contribution in [2.45, 2.75) is 18.9 Å². The summed E-state index contributed by atoms with van der Waals surface area (Å²) in [6, 6.07) is 17.0. The quantitative estimate of drug-likeness (QED) is 0.794. The Morgan fingerprint density at radius 3 is 2.48 bits per heavy atom. The summed E-state index contributed by atoms with van der Waals surface area (Å²) in [6.07, 6.45) is 1.49. The van der Waals surface area contributed by atoms with Crippen molar-refractivity contribution in [2.75, 3.05) is 32.5 Å². The van der Waals surface area contributed by atoms with Gasteiger partial charge in [0.05, 0.1) is 0 Å². The van der Waals surface area contributed by atoms with E-state index >= 15 is 0 Å². The van der Waals surface area contributed by atoms with Gasteiger partial charge in [0.25, 0.3) is 5.91 Å². The molecule has 0 unspecified atom stereocenters. The maximum Gasteiger partial charge on any atom is 0.254 e. The van der Waals surface area contributed by atoms with Gasteiger partial charge in [0.2, 0.25) is 5.96 Å². The summed E-state index contributed by atoms with van der Waals surface area (Å²) in [5, 5.41) is 3.96. The Balaban J connectivity index is 1.75. The Kier molecular flexibility index (Phi) is 6.48. The molecule has 0 bridgehead atoms. The fourth-order valence-electron chi connectivity index (χ4n) is 3.05. The monoisotopic (exact) mass is 384 g/mol. The minimum atomic E-state index is -0.387. The fraction of sp³-hybridized carbons (Fsp3) is 0.333. The van der Waals surface area contributed by atoms with E-state index in [-0.39, 0.29) is 11.9 Å². The van der Waals surface area contributed by atoms with Crippen LogP contribution in [0.4, 0.5) is 5.69 Å². The van der Waals surface area contributed by atoms with Crippen LogP contribution in [-0.4, -0.2) is 54.9 Å². The topological polar surface area (TPSA) is 47.9 Å². The molecule has 0 spiro atoms. The van der Waals surface area contributed by atoms with Crippen LogP contribution in [0.1, 0.15) is 12.0 Å². The molecule has 1 aliphatic rings. The van der Waals surface area contributed by atoms with Gasteiger partial charge in [0, 0.05) is 23.7 Å². The normalized spacial score (nSPS) is 16.7. The fourth-order valence-corrected chi connectivity index (χ4v) is 3.18. The zero-order valence-corrected chi connectivity index (χ0v) is 16.5. The summed E-state index contributed by atoms with van der Waals surface area (Å²) in [5.41, 5.74) is 1.98. The van der Waals surface area contributed by atoms with Gasteiger partial charge in [-0.05, 0) is 56.9 Å². The van der Waals surface area contributed by atoms with E-state index in [1.807, 2.05) is 68.7 Å². The number of aliphatic imine (C=N–C) groups is 1. The Hall–Kier alpha value is -2.37. The highest BCUT2D eigenvalue weighted by molar-refractivity contribution is 6.30. The standard InChI is InChI=1S/C21H25ClN4O/c1-25(2)13-6-14-26-20(27)19(15-16-7-4-3-5-8-16)24-21(26)23-18-11-9-17(22)10-12-18/h3-5,7-12,19H,6,13-15H2,1-2H3,(H,23,24)/t19-/m0/s1. The first-order chi connectivity index (χ1) is 13.0. The zero-order chi connectivity index (χ0) is 19.2. The number of hydrogen-bond acceptors (Lipinski definition) is 4. The highest BCUT2D eigenvalue weighted by Crippen LogP contribution is 2.20. The molecule has 0 saturated heterocycles. The van der Waals surface area contributed by atoms with Gasteiger partial charge in [-0.15, -0.1) is 0 Å². The predicted octanol–water partition coefficient (Wildman–Crippen LogP) is 3.51. The summed E-state index contributed by atoms with van der Waals surface area (Å²) in [4.78, 5) is 21.6. The molecule has 3 rings (SSSR count). The minimum absolute atomic E-state index is 0.0501. The van der Waals surface area contributed by atoms with Crippen molar-refractivity contribution in [1.29, 1.82) is 0 Å². The molecule has 6 heteroatoms. The third-order valence-corrected chi connectivity index (χ3v) is 4.70. The number of nitrogens with zero attached hydrogens (tertiary/aromatic N) is 3. The van der Waals surface area contributed by atoms with E-state index < -0.39 is 0 Å². The number of carbonyl (C=O) groups excluding carboxylic acids is 1. The molecule has 5 nitrogen and oxygen atoms in total. The number of hydrogen-bond donors (Lipinski definition) is 1. The minimum Gasteiger partial charge on any atom is -0.326 e. The predicted molar refractivity (Wildman–Crippen MR) is 111 cm³/mol. The molecule has 142 valence electrons. The molecular weight excluding hydrogens is 360 g/mol. The van der Waals surface area contributed by atoms with E-state index in [4.69, 9.17) is 16.6 Å². The zero-order valence-electron chi connectivity index (χ0n) is 15.7. The van der Waals surface area contributed by atoms with Crippen molar-refractivity contribution in [2.24, 2.45) is 4.99 Å². The average molecular weight is 385 g/mol. The largest absolute Gasteiger partial charge is 0.326 e. The van der Waals surface area contributed by atoms with Crippen molar-refractivity contribution in [1.82, 2.24) is 9.80 Å². The lowest BCUT2D eigenvalue weighted by molar-refractivity contribution is -0.127. The molecule has 27 heavy (non-hydrogen) atoms. The van der Waals surface area contributed by atoms with Crippen molar-refractivity contribution in [3.05, 3.63) is 65.2 Å². The van der Waals surface area contributed by atoms with E-state index in [0.717, 1.165) is 24.2 Å². The van der Waals surface area contributed by atoms with Gasteiger partial charge >= 0.3 is 0 Å². The number of benzene rings is 2. The Morgan fingerprint density at radius 1 is 1.11 bits per heavy atom. The number of carbonyl (C=O) groups is 1. The first-order valence-corrected chi connectivity index (χ1v) is 9.51. The molecule has 2 aromatic carbocycles. The molecule has 1 heterocycles. The second kappa shape index (κ2) is 9.02. The molecule has 0 fully saturated rings. The number of halogens is 1. The summed E-state index contributed by atoms with van der Waals surface area (Å²) >= 11 is 5.96. The van der Waals surface area contributed by atoms with Gasteiger partial charge in [-0.25, -0.2) is 4.99 Å². The first-order valence-electron chi connectivity index (χ1n) is 9.13. The lowest BCUT2D eigenvalue weighted by Crippen LogP contribution is -2.40. The van der Waals surface area contributed by atoms with E-state index in [2.05, 4.69) is 10.2 Å². The van der Waals surface area contributed by atoms with E-state index in [9.17, 15) is 4.79 Å². The molecular formula is C21H25ClN4O. The number of guanidine groups is 1. The van der Waals surface area contributed by atoms with Gasteiger partial charge in [0.15, 0.2) is 0 Å². The van der Waals surface area contributed by atoms with Crippen LogP contribution >= 0.6 is 11.6 Å². The van der Waals surface area contributed by atoms with Crippen molar-refractivity contribution < 1.29 is 4.79 Å². The van der Waals surface area contributed by atoms with Gasteiger partial charge in [-0.2, -0.15) is 0 Å². The maximum atomic E-state index is 13.0. The average Bonchev–Trinajstić information content (AvgIpc) is 2.93. The smallest absolute Gasteiger partial charge is 0.254 e. The molecule has 0 aromatic heterocycles. The Bertz CT molecular complexity index is 790. The van der Waals surface area contributed by atoms with Crippen LogP contribution in [0.2, 0.25) is 5.02 Å². The number of rotatable bonds is 7. The van der Waals surface area contributed by atoms with Crippen molar-refractivity contribution in [3.63, 3.8) is 0 Å². The highest BCUT2D eigenvalue weighted by atomic mass is 35.5. The lowest BCUT2D eigenvalue weighted by Gasteiger charge is -2.21. The van der Waals surface area contributed by atoms with Gasteiger partial charge < -0.3 is 10.2 Å². The lowest BCUT2D eigenvalue weighted by atomic mass is 10.1. The van der Waals surface area contributed by atoms with E-state index in [0.29, 0.717) is 23.9 Å². The van der Waals surface area contributed by atoms with Crippen molar-refractivity contribution in [3.8, 4) is 0 Å². The number of anilines is 1. The van der Waals surface area contributed by atoms with Gasteiger partial charge in [-0.1, -0.05) is 41.9 Å². The van der Waals surface area contributed by atoms with Crippen molar-refractivity contribution >= 4 is 29.2 Å². The Labute approximate surface area is 165 Å². The summed E-state index contributed by atoms with van der Waals surface area (Å²) in [7, 11) is 4.07. The third-order valence-electron chi connectivity index (χ3n) is 4.44. The van der Waals surface area contributed by atoms with Gasteiger partial charge in [0.1, 0.15) is 6.04 Å². The summed E-state index contributed by atoms with van der Waals surface area (Å²) in [5.74, 6) is 0.663. The third kappa shape index (κ3) is 5.31. The SMILES string of the molecule is CN(C)CCCN1C(=O)[C@H](Cc2ccccc2)N=C1Nc1ccc(Cl)cc1. The van der Waals surface area contributed by atoms with Crippen LogP contribution in [0, 0.1) is 0 Å². The van der Waals surface area contributed by atoms with Crippen LogP contribution < -0.4 is 5.32 Å². The second-order valence-corrected chi connectivity index (χ2v) is 7.37. The summed E-state index contributed by atoms with van der Waals surface area (Å²) < 4.78 is 0. The van der Waals surface area contributed by atoms with Crippen LogP contribution in [-0.2, 0) is 11.2 Å². The van der Waals surface area contributed by atoms with Gasteiger partial charge in [-0.3, -0.25) is 9.69 Å². The first kappa shape index (κ1) is 19.4. The number of amides is 1. The molecule has 1 aliphatic heterocycles. The highest BCUT2D eigenvalue weighted by Gasteiger charge is 2.34. The van der Waals surface area contributed by atoms with E-state index in [1.54, 1.807) is 4.90 Å². The molecule has 0 radical (unpaired) electrons. The Morgan fingerprint density at radius 2 is 1.81 bits per heavy atom. The van der Waals surface area contributed by atoms with Crippen LogP contribution in [0.25, 0.3) is 0 Å². The maximum absolute atomic E-state index is 13.0. The molecule has 1 N–H and O–H groups in total. The van der Waals surface area contributed by atoms with E-state index in [1.165, 1.54) is 0 Å². The molecule has 0 aliphatic carbocycles. The van der Waals surface area contributed by atoms with Crippen LogP contribution in [0.15, 0.2) is 59.6 Å². The second-order valence-electron chi connectivity index (χ2n) is 6.94. The molecule has 2 aromatic rings. The molecule has 0 saturated carbocycles. The summed E-state index contributed by atoms with van der Waals surface area (Å²) in [6.45, 7) is 1.56. The number of nitrogens with one attached hydrogen (secondary N) is 1.